The molecule has 1 radical (unpaired) electrons. The molecule has 0 saturated carbocycles. The lowest BCUT2D eigenvalue weighted by Gasteiger charge is -2.05. The normalized spacial score (nSPS) is 16.5. The summed E-state index contributed by atoms with van der Waals surface area (Å²) in [6.07, 6.45) is 6.05. The van der Waals surface area contributed by atoms with Gasteiger partial charge >= 0.3 is 6.03 Å². The Labute approximate surface area is 57.3 Å². The van der Waals surface area contributed by atoms with Crippen molar-refractivity contribution in [2.75, 3.05) is 0 Å². The van der Waals surface area contributed by atoms with E-state index in [1.54, 1.807) is 0 Å². The number of hydrogen-bond acceptors (Lipinski definition) is 2. The van der Waals surface area contributed by atoms with Crippen molar-refractivity contribution < 1.29 is 9.59 Å². The van der Waals surface area contributed by atoms with Crippen LogP contribution in [-0.2, 0) is 4.79 Å². The molecule has 10 heavy (non-hydrogen) atoms. The van der Waals surface area contributed by atoms with Crippen LogP contribution in [0.25, 0.3) is 0 Å². The summed E-state index contributed by atoms with van der Waals surface area (Å²) in [7, 11) is 0. The molecule has 0 saturated heterocycles. The van der Waals surface area contributed by atoms with Gasteiger partial charge in [0, 0.05) is 6.20 Å². The quantitative estimate of drug-likeness (QED) is 0.449. The van der Waals surface area contributed by atoms with Crippen molar-refractivity contribution in [3.63, 3.8) is 0 Å². The summed E-state index contributed by atoms with van der Waals surface area (Å²) in [5, 5.41) is 5.22. The van der Waals surface area contributed by atoms with Gasteiger partial charge in [-0.25, -0.2) is 4.79 Å². The Hall–Kier alpha value is -1.76. The summed E-state index contributed by atoms with van der Waals surface area (Å²) in [5.41, 5.74) is 0.0691. The number of nitrogens with zero attached hydrogens (tertiary/aromatic N) is 1. The van der Waals surface area contributed by atoms with Gasteiger partial charge in [-0.2, -0.15) is 5.32 Å². The van der Waals surface area contributed by atoms with E-state index >= 15 is 0 Å². The average molecular weight is 135 g/mol. The van der Waals surface area contributed by atoms with Gasteiger partial charge in [0.05, 0.1) is 0 Å². The molecule has 0 aromatic carbocycles. The van der Waals surface area contributed by atoms with E-state index in [1.165, 1.54) is 0 Å². The first kappa shape index (κ1) is 6.36. The maximum atomic E-state index is 10.6. The maximum absolute atomic E-state index is 10.6. The van der Waals surface area contributed by atoms with Crippen molar-refractivity contribution in [3.8, 4) is 12.3 Å². The van der Waals surface area contributed by atoms with Gasteiger partial charge in [0.2, 0.25) is 0 Å². The summed E-state index contributed by atoms with van der Waals surface area (Å²) in [6.45, 7) is 0. The van der Waals surface area contributed by atoms with Crippen LogP contribution in [0.1, 0.15) is 0 Å². The van der Waals surface area contributed by atoms with Gasteiger partial charge in [0.1, 0.15) is 5.57 Å². The third-order valence-corrected chi connectivity index (χ3v) is 0.929. The zero-order valence-corrected chi connectivity index (χ0v) is 4.92. The minimum atomic E-state index is -0.677. The Balaban J connectivity index is 2.88. The van der Waals surface area contributed by atoms with E-state index < -0.39 is 11.9 Å². The van der Waals surface area contributed by atoms with Gasteiger partial charge < -0.3 is 5.32 Å². The molecule has 0 bridgehead atoms. The van der Waals surface area contributed by atoms with Crippen LogP contribution in [0.15, 0.2) is 11.8 Å². The summed E-state index contributed by atoms with van der Waals surface area (Å²) < 4.78 is 0. The van der Waals surface area contributed by atoms with E-state index in [0.717, 1.165) is 6.20 Å². The number of carbonyl (C=O) groups excluding carboxylic acids is 2. The minimum absolute atomic E-state index is 0.0691. The Morgan fingerprint density at radius 2 is 2.30 bits per heavy atom. The molecule has 1 heterocycles. The Bertz CT molecular complexity index is 259. The molecule has 0 aromatic heterocycles. The Morgan fingerprint density at radius 3 is 2.80 bits per heavy atom. The molecule has 1 N–H and O–H groups in total. The number of terminal acetylenes is 1. The third kappa shape index (κ3) is 0.977. The lowest BCUT2D eigenvalue weighted by atomic mass is 10.2. The topological polar surface area (TPSA) is 60.3 Å². The van der Waals surface area contributed by atoms with E-state index in [2.05, 4.69) is 16.6 Å². The average Bonchev–Trinajstić information content (AvgIpc) is 1.88. The molecule has 4 heteroatoms. The fourth-order valence-corrected chi connectivity index (χ4v) is 0.484. The highest BCUT2D eigenvalue weighted by molar-refractivity contribution is 6.08. The molecule has 49 valence electrons. The molecule has 1 aliphatic rings. The van der Waals surface area contributed by atoms with Crippen molar-refractivity contribution in [3.05, 3.63) is 11.8 Å². The SMILES string of the molecule is C#CC1=CNC(=O)[N]C1=O. The number of urea groups is 1. The molecular weight excluding hydrogens is 132 g/mol. The van der Waals surface area contributed by atoms with Gasteiger partial charge in [0.15, 0.2) is 0 Å². The van der Waals surface area contributed by atoms with Gasteiger partial charge in [-0.05, 0) is 0 Å². The van der Waals surface area contributed by atoms with Crippen molar-refractivity contribution in [1.29, 1.82) is 0 Å². The Kier molecular flexibility index (Phi) is 1.42. The number of rotatable bonds is 0. The van der Waals surface area contributed by atoms with Crippen molar-refractivity contribution in [2.45, 2.75) is 0 Å². The third-order valence-electron chi connectivity index (χ3n) is 0.929. The second-order valence-electron chi connectivity index (χ2n) is 1.57. The summed E-state index contributed by atoms with van der Waals surface area (Å²) in [6, 6.07) is -0.677. The lowest BCUT2D eigenvalue weighted by molar-refractivity contribution is -0.116. The highest BCUT2D eigenvalue weighted by Crippen LogP contribution is 1.95. The van der Waals surface area contributed by atoms with Crippen LogP contribution < -0.4 is 10.6 Å². The molecule has 1 rings (SSSR count). The summed E-state index contributed by atoms with van der Waals surface area (Å²) in [5.74, 6) is 1.42. The molecule has 1 aliphatic heterocycles. The zero-order chi connectivity index (χ0) is 7.56. The van der Waals surface area contributed by atoms with Crippen LogP contribution in [0.2, 0.25) is 0 Å². The van der Waals surface area contributed by atoms with Crippen molar-refractivity contribution >= 4 is 11.9 Å². The minimum Gasteiger partial charge on any atom is -0.311 e. The van der Waals surface area contributed by atoms with E-state index in [1.807, 2.05) is 0 Å². The molecule has 4 nitrogen and oxygen atoms in total. The predicted molar refractivity (Wildman–Crippen MR) is 32.6 cm³/mol. The van der Waals surface area contributed by atoms with E-state index in [-0.39, 0.29) is 5.57 Å². The second kappa shape index (κ2) is 2.23. The second-order valence-corrected chi connectivity index (χ2v) is 1.57. The van der Waals surface area contributed by atoms with Gasteiger partial charge in [0.25, 0.3) is 5.91 Å². The highest BCUT2D eigenvalue weighted by atomic mass is 16.2. The van der Waals surface area contributed by atoms with Crippen LogP contribution >= 0.6 is 0 Å². The molecule has 3 amide bonds. The molecule has 0 unspecified atom stereocenters. The predicted octanol–water partition coefficient (Wildman–Crippen LogP) is -0.642. The fourth-order valence-electron chi connectivity index (χ4n) is 0.484. The highest BCUT2D eigenvalue weighted by Gasteiger charge is 2.17. The smallest absolute Gasteiger partial charge is 0.311 e. The molecular formula is C6H3N2O2. The molecule has 0 aromatic rings. The first-order chi connectivity index (χ1) is 4.74. The van der Waals surface area contributed by atoms with Crippen LogP contribution in [0, 0.1) is 12.3 Å². The Morgan fingerprint density at radius 1 is 1.60 bits per heavy atom. The number of imide groups is 1. The van der Waals surface area contributed by atoms with Crippen LogP contribution in [0.5, 0.6) is 0 Å². The van der Waals surface area contributed by atoms with Gasteiger partial charge in [-0.1, -0.05) is 5.92 Å². The molecule has 0 fully saturated rings. The zero-order valence-electron chi connectivity index (χ0n) is 4.92. The van der Waals surface area contributed by atoms with Gasteiger partial charge in [-0.3, -0.25) is 4.79 Å². The number of carbonyl (C=O) groups is 2. The van der Waals surface area contributed by atoms with Crippen LogP contribution in [-0.4, -0.2) is 11.9 Å². The summed E-state index contributed by atoms with van der Waals surface area (Å²) in [4.78, 5) is 20.9. The van der Waals surface area contributed by atoms with Crippen LogP contribution in [0.4, 0.5) is 4.79 Å². The lowest BCUT2D eigenvalue weighted by Crippen LogP contribution is -2.36. The first-order valence-electron chi connectivity index (χ1n) is 2.47. The largest absolute Gasteiger partial charge is 0.348 e. The number of hydrogen-bond donors (Lipinski definition) is 1. The number of amides is 3. The molecule has 0 atom stereocenters. The first-order valence-corrected chi connectivity index (χ1v) is 2.47. The van der Waals surface area contributed by atoms with E-state index in [9.17, 15) is 9.59 Å². The fraction of sp³-hybridized carbons (Fsp3) is 0. The van der Waals surface area contributed by atoms with Gasteiger partial charge in [-0.15, -0.1) is 6.42 Å². The summed E-state index contributed by atoms with van der Waals surface area (Å²) >= 11 is 0. The van der Waals surface area contributed by atoms with E-state index in [0.29, 0.717) is 0 Å². The molecule has 0 spiro atoms. The monoisotopic (exact) mass is 135 g/mol. The molecule has 0 aliphatic carbocycles. The van der Waals surface area contributed by atoms with Crippen molar-refractivity contribution in [1.82, 2.24) is 10.6 Å². The van der Waals surface area contributed by atoms with Crippen molar-refractivity contribution in [2.24, 2.45) is 0 Å². The van der Waals surface area contributed by atoms with Crippen LogP contribution in [0.3, 0.4) is 0 Å². The maximum Gasteiger partial charge on any atom is 0.348 e. The standard InChI is InChI=1S/C6H3N2O2/c1-2-4-3-7-6(10)8-5(4)9/h1,3H,(H,7,10). The number of nitrogens with one attached hydrogen (secondary N) is 1. The van der Waals surface area contributed by atoms with E-state index in [4.69, 9.17) is 6.42 Å².